The molecular formula is C23H41IN4O2S. The number of thiophene rings is 1. The molecule has 6 nitrogen and oxygen atoms in total. The molecule has 2 aliphatic rings. The summed E-state index contributed by atoms with van der Waals surface area (Å²) in [6.45, 7) is 8.74. The van der Waals surface area contributed by atoms with Crippen LogP contribution < -0.4 is 5.32 Å². The molecule has 0 amide bonds. The minimum absolute atomic E-state index is 0. The largest absolute Gasteiger partial charge is 0.385 e. The smallest absolute Gasteiger partial charge is 0.193 e. The highest BCUT2D eigenvalue weighted by atomic mass is 127. The molecule has 2 aliphatic heterocycles. The highest BCUT2D eigenvalue weighted by molar-refractivity contribution is 14.0. The number of ether oxygens (including phenoxy) is 2. The Morgan fingerprint density at radius 3 is 2.71 bits per heavy atom. The van der Waals surface area contributed by atoms with Crippen molar-refractivity contribution in [1.82, 2.24) is 15.1 Å². The minimum Gasteiger partial charge on any atom is -0.385 e. The lowest BCUT2D eigenvalue weighted by Crippen LogP contribution is -2.47. The van der Waals surface area contributed by atoms with Gasteiger partial charge in [0.1, 0.15) is 0 Å². The van der Waals surface area contributed by atoms with Gasteiger partial charge in [-0.2, -0.15) is 0 Å². The van der Waals surface area contributed by atoms with Crippen LogP contribution >= 0.6 is 35.3 Å². The van der Waals surface area contributed by atoms with Gasteiger partial charge >= 0.3 is 0 Å². The normalized spacial score (nSPS) is 23.6. The lowest BCUT2D eigenvalue weighted by atomic mass is 9.88. The summed E-state index contributed by atoms with van der Waals surface area (Å²) >= 11 is 1.88. The Morgan fingerprint density at radius 1 is 1.23 bits per heavy atom. The summed E-state index contributed by atoms with van der Waals surface area (Å²) in [6, 6.07) is 4.96. The zero-order chi connectivity index (χ0) is 21.2. The van der Waals surface area contributed by atoms with Gasteiger partial charge in [-0.3, -0.25) is 9.89 Å². The first-order valence-corrected chi connectivity index (χ1v) is 12.5. The summed E-state index contributed by atoms with van der Waals surface area (Å²) in [5.74, 6) is 1.66. The van der Waals surface area contributed by atoms with E-state index in [0.29, 0.717) is 18.1 Å². The van der Waals surface area contributed by atoms with Crippen LogP contribution in [0.2, 0.25) is 0 Å². The van der Waals surface area contributed by atoms with Crippen molar-refractivity contribution in [2.75, 3.05) is 60.1 Å². The molecule has 1 N–H and O–H groups in total. The number of hydrogen-bond donors (Lipinski definition) is 1. The molecule has 2 atom stereocenters. The van der Waals surface area contributed by atoms with Crippen LogP contribution in [0.15, 0.2) is 22.5 Å². The summed E-state index contributed by atoms with van der Waals surface area (Å²) in [5, 5.41) is 5.73. The lowest BCUT2D eigenvalue weighted by molar-refractivity contribution is 0.00987. The van der Waals surface area contributed by atoms with Gasteiger partial charge in [-0.15, -0.1) is 35.3 Å². The molecule has 0 saturated carbocycles. The van der Waals surface area contributed by atoms with Crippen molar-refractivity contribution < 1.29 is 9.47 Å². The molecule has 0 aromatic carbocycles. The lowest BCUT2D eigenvalue weighted by Gasteiger charge is -2.39. The Hall–Kier alpha value is -0.420. The second-order valence-corrected chi connectivity index (χ2v) is 9.42. The van der Waals surface area contributed by atoms with Crippen molar-refractivity contribution in [3.05, 3.63) is 22.4 Å². The van der Waals surface area contributed by atoms with Crippen LogP contribution in [0.4, 0.5) is 0 Å². The molecule has 2 fully saturated rings. The highest BCUT2D eigenvalue weighted by Gasteiger charge is 2.31. The third kappa shape index (κ3) is 8.14. The summed E-state index contributed by atoms with van der Waals surface area (Å²) in [6.07, 6.45) is 6.01. The zero-order valence-corrected chi connectivity index (χ0v) is 22.6. The van der Waals surface area contributed by atoms with E-state index in [2.05, 4.69) is 46.6 Å². The number of nitrogens with zero attached hydrogens (tertiary/aromatic N) is 3. The summed E-state index contributed by atoms with van der Waals surface area (Å²) in [7, 11) is 4.01. The molecule has 3 heterocycles. The number of nitrogens with one attached hydrogen (secondary N) is 1. The molecule has 0 aliphatic carbocycles. The van der Waals surface area contributed by atoms with Crippen molar-refractivity contribution in [2.45, 2.75) is 51.2 Å². The van der Waals surface area contributed by atoms with Crippen LogP contribution in [0.25, 0.3) is 0 Å². The van der Waals surface area contributed by atoms with Crippen molar-refractivity contribution in [1.29, 1.82) is 0 Å². The van der Waals surface area contributed by atoms with E-state index < -0.39 is 0 Å². The third-order valence-electron chi connectivity index (χ3n) is 6.24. The Bertz CT molecular complexity index is 623. The molecule has 2 unspecified atom stereocenters. The van der Waals surface area contributed by atoms with Crippen molar-refractivity contribution in [3.63, 3.8) is 0 Å². The standard InChI is InChI=1S/C23H40N4O2S.HI/c1-4-24-23(27-13-10-20(11-14-27)29-16-7-15-28-3)25-18-19-8-5-12-26(2)22(19)21-9-6-17-30-21;/h6,9,17,19-20,22H,4-5,7-8,10-16,18H2,1-3H3,(H,24,25);1H. The van der Waals surface area contributed by atoms with Gasteiger partial charge in [0, 0.05) is 57.4 Å². The summed E-state index contributed by atoms with van der Waals surface area (Å²) < 4.78 is 11.1. The monoisotopic (exact) mass is 564 g/mol. The predicted molar refractivity (Wildman–Crippen MR) is 141 cm³/mol. The highest BCUT2D eigenvalue weighted by Crippen LogP contribution is 2.37. The average molecular weight is 565 g/mol. The number of rotatable bonds is 9. The van der Waals surface area contributed by atoms with E-state index in [1.807, 2.05) is 11.3 Å². The van der Waals surface area contributed by atoms with Crippen LogP contribution in [0, 0.1) is 5.92 Å². The number of piperidine rings is 2. The Balaban J connectivity index is 0.00000341. The predicted octanol–water partition coefficient (Wildman–Crippen LogP) is 4.23. The number of hydrogen-bond acceptors (Lipinski definition) is 5. The molecule has 3 rings (SSSR count). The molecule has 0 bridgehead atoms. The van der Waals surface area contributed by atoms with E-state index in [9.17, 15) is 0 Å². The van der Waals surface area contributed by atoms with E-state index in [1.165, 1.54) is 24.3 Å². The van der Waals surface area contributed by atoms with Crippen molar-refractivity contribution in [3.8, 4) is 0 Å². The molecule has 2 saturated heterocycles. The number of likely N-dealkylation sites (tertiary alicyclic amines) is 2. The maximum absolute atomic E-state index is 6.02. The number of guanidine groups is 1. The molecule has 1 aromatic rings. The van der Waals surface area contributed by atoms with Gasteiger partial charge in [-0.1, -0.05) is 6.07 Å². The minimum atomic E-state index is 0. The molecule has 31 heavy (non-hydrogen) atoms. The van der Waals surface area contributed by atoms with Gasteiger partial charge in [0.25, 0.3) is 0 Å². The van der Waals surface area contributed by atoms with E-state index >= 15 is 0 Å². The third-order valence-corrected chi connectivity index (χ3v) is 7.18. The fraction of sp³-hybridized carbons (Fsp3) is 0.783. The molecular weight excluding hydrogens is 523 g/mol. The first kappa shape index (κ1) is 26.8. The van der Waals surface area contributed by atoms with Crippen LogP contribution in [0.3, 0.4) is 0 Å². The topological polar surface area (TPSA) is 49.3 Å². The first-order chi connectivity index (χ1) is 14.7. The van der Waals surface area contributed by atoms with E-state index in [0.717, 1.165) is 64.6 Å². The van der Waals surface area contributed by atoms with Gasteiger partial charge in [0.05, 0.1) is 6.10 Å². The van der Waals surface area contributed by atoms with Crippen molar-refractivity contribution >= 4 is 41.3 Å². The van der Waals surface area contributed by atoms with E-state index in [-0.39, 0.29) is 24.0 Å². The van der Waals surface area contributed by atoms with E-state index in [4.69, 9.17) is 14.5 Å². The van der Waals surface area contributed by atoms with Crippen LogP contribution in [-0.2, 0) is 9.47 Å². The van der Waals surface area contributed by atoms with E-state index in [1.54, 1.807) is 7.11 Å². The van der Waals surface area contributed by atoms with Crippen LogP contribution in [-0.4, -0.2) is 82.0 Å². The average Bonchev–Trinajstić information content (AvgIpc) is 3.29. The number of halogens is 1. The molecule has 1 aromatic heterocycles. The quantitative estimate of drug-likeness (QED) is 0.211. The SMILES string of the molecule is CCNC(=NCC1CCCN(C)C1c1cccs1)N1CCC(OCCCOC)CC1.I. The fourth-order valence-electron chi connectivity index (χ4n) is 4.68. The van der Waals surface area contributed by atoms with Crippen LogP contribution in [0.5, 0.6) is 0 Å². The number of aliphatic imine (C=N–C) groups is 1. The summed E-state index contributed by atoms with van der Waals surface area (Å²) in [4.78, 5) is 11.5. The maximum atomic E-state index is 6.02. The van der Waals surface area contributed by atoms with Gasteiger partial charge in [0.15, 0.2) is 5.96 Å². The molecule has 0 spiro atoms. The van der Waals surface area contributed by atoms with Gasteiger partial charge in [0.2, 0.25) is 0 Å². The second kappa shape index (κ2) is 14.7. The Labute approximate surface area is 209 Å². The van der Waals surface area contributed by atoms with Gasteiger partial charge in [-0.25, -0.2) is 0 Å². The fourth-order valence-corrected chi connectivity index (χ4v) is 5.66. The van der Waals surface area contributed by atoms with Crippen molar-refractivity contribution in [2.24, 2.45) is 10.9 Å². The van der Waals surface area contributed by atoms with Gasteiger partial charge in [-0.05, 0) is 70.0 Å². The Kier molecular flexibility index (Phi) is 12.7. The number of methoxy groups -OCH3 is 1. The Morgan fingerprint density at radius 2 is 2.03 bits per heavy atom. The molecule has 0 radical (unpaired) electrons. The maximum Gasteiger partial charge on any atom is 0.193 e. The first-order valence-electron chi connectivity index (χ1n) is 11.6. The zero-order valence-electron chi connectivity index (χ0n) is 19.4. The van der Waals surface area contributed by atoms with Gasteiger partial charge < -0.3 is 19.7 Å². The molecule has 8 heteroatoms. The second-order valence-electron chi connectivity index (χ2n) is 8.44. The summed E-state index contributed by atoms with van der Waals surface area (Å²) in [5.41, 5.74) is 0. The van der Waals surface area contributed by atoms with Crippen LogP contribution in [0.1, 0.15) is 49.9 Å². The molecule has 178 valence electrons.